The summed E-state index contributed by atoms with van der Waals surface area (Å²) in [5.41, 5.74) is 0.631. The Morgan fingerprint density at radius 3 is 2.36 bits per heavy atom. The number of hydrogen-bond acceptors (Lipinski definition) is 4. The summed E-state index contributed by atoms with van der Waals surface area (Å²) in [6.07, 6.45) is 0. The van der Waals surface area contributed by atoms with Crippen molar-refractivity contribution in [2.45, 2.75) is 6.04 Å². The number of carbonyl (C=O) groups is 1. The molecule has 0 fully saturated rings. The number of para-hydroxylation sites is 1. The number of amides is 1. The van der Waals surface area contributed by atoms with E-state index in [9.17, 15) is 14.0 Å². The molecule has 6 nitrogen and oxygen atoms in total. The van der Waals surface area contributed by atoms with Crippen molar-refractivity contribution in [3.05, 3.63) is 105 Å². The molecule has 0 bridgehead atoms. The number of aromatic nitrogens is 2. The molecule has 0 aliphatic heterocycles. The number of likely N-dealkylation sites (N-methyl/N-ethyl adjacent to an activating group) is 1. The summed E-state index contributed by atoms with van der Waals surface area (Å²) in [6.45, 7) is 0.0902. The van der Waals surface area contributed by atoms with Gasteiger partial charge in [0.15, 0.2) is 5.69 Å². The second-order valence-electron chi connectivity index (χ2n) is 7.77. The van der Waals surface area contributed by atoms with Gasteiger partial charge in [0.1, 0.15) is 5.82 Å². The highest BCUT2D eigenvalue weighted by Gasteiger charge is 2.24. The summed E-state index contributed by atoms with van der Waals surface area (Å²) < 4.78 is 15.7. The minimum atomic E-state index is -0.506. The molecule has 0 saturated carbocycles. The third-order valence-electron chi connectivity index (χ3n) is 5.43. The molecule has 1 N–H and O–H groups in total. The number of carbonyl (C=O) groups excluding carboxylic acids is 1. The maximum atomic E-state index is 14.5. The highest BCUT2D eigenvalue weighted by molar-refractivity contribution is 6.31. The highest BCUT2D eigenvalue weighted by atomic mass is 35.5. The molecule has 1 heterocycles. The summed E-state index contributed by atoms with van der Waals surface area (Å²) in [5.74, 6) is -0.924. The molecule has 168 valence electrons. The van der Waals surface area contributed by atoms with Crippen LogP contribution in [0, 0.1) is 5.82 Å². The number of rotatable bonds is 6. The van der Waals surface area contributed by atoms with Gasteiger partial charge in [-0.2, -0.15) is 9.78 Å². The van der Waals surface area contributed by atoms with Crippen LogP contribution in [0.4, 0.5) is 4.39 Å². The van der Waals surface area contributed by atoms with Crippen molar-refractivity contribution in [3.8, 4) is 5.69 Å². The predicted octanol–water partition coefficient (Wildman–Crippen LogP) is 4.21. The second kappa shape index (κ2) is 9.52. The lowest BCUT2D eigenvalue weighted by Crippen LogP contribution is -2.36. The van der Waals surface area contributed by atoms with Gasteiger partial charge in [0.25, 0.3) is 11.5 Å². The minimum absolute atomic E-state index is 0.0902. The smallest absolute Gasteiger partial charge is 0.279 e. The van der Waals surface area contributed by atoms with E-state index in [2.05, 4.69) is 10.4 Å². The molecule has 0 unspecified atom stereocenters. The van der Waals surface area contributed by atoms with Gasteiger partial charge in [0.2, 0.25) is 0 Å². The van der Waals surface area contributed by atoms with E-state index in [-0.39, 0.29) is 22.8 Å². The van der Waals surface area contributed by atoms with Crippen molar-refractivity contribution in [3.63, 3.8) is 0 Å². The topological polar surface area (TPSA) is 67.2 Å². The van der Waals surface area contributed by atoms with Crippen molar-refractivity contribution in [2.24, 2.45) is 0 Å². The minimum Gasteiger partial charge on any atom is -0.349 e. The van der Waals surface area contributed by atoms with Crippen molar-refractivity contribution < 1.29 is 9.18 Å². The molecular weight excluding hydrogens is 443 g/mol. The summed E-state index contributed by atoms with van der Waals surface area (Å²) >= 11 is 6.26. The lowest BCUT2D eigenvalue weighted by Gasteiger charge is -2.26. The van der Waals surface area contributed by atoms with Gasteiger partial charge in [0.05, 0.1) is 17.1 Å². The fourth-order valence-electron chi connectivity index (χ4n) is 3.75. The van der Waals surface area contributed by atoms with Crippen LogP contribution < -0.4 is 10.9 Å². The number of hydrogen-bond donors (Lipinski definition) is 1. The molecule has 0 aliphatic carbocycles. The van der Waals surface area contributed by atoms with E-state index in [1.54, 1.807) is 73.6 Å². The molecule has 0 saturated heterocycles. The van der Waals surface area contributed by atoms with Crippen LogP contribution in [0.15, 0.2) is 77.6 Å². The summed E-state index contributed by atoms with van der Waals surface area (Å²) in [4.78, 5) is 28.1. The molecule has 1 atom stereocenters. The number of nitrogens with zero attached hydrogens (tertiary/aromatic N) is 3. The van der Waals surface area contributed by atoms with E-state index < -0.39 is 17.8 Å². The maximum Gasteiger partial charge on any atom is 0.279 e. The SMILES string of the molecule is CN(C)[C@@H](CNC(=O)c1nn(-c2ccccc2)c(=O)c2ccccc12)c1c(F)cccc1Cl. The molecule has 4 aromatic rings. The first-order valence-electron chi connectivity index (χ1n) is 10.3. The third-order valence-corrected chi connectivity index (χ3v) is 5.76. The van der Waals surface area contributed by atoms with E-state index in [1.807, 2.05) is 6.07 Å². The highest BCUT2D eigenvalue weighted by Crippen LogP contribution is 2.28. The average Bonchev–Trinajstić information content (AvgIpc) is 2.81. The van der Waals surface area contributed by atoms with Gasteiger partial charge in [-0.05, 0) is 44.4 Å². The molecular formula is C25H22ClFN4O2. The second-order valence-corrected chi connectivity index (χ2v) is 8.18. The lowest BCUT2D eigenvalue weighted by atomic mass is 10.0. The van der Waals surface area contributed by atoms with Gasteiger partial charge in [-0.15, -0.1) is 0 Å². The summed E-state index contributed by atoms with van der Waals surface area (Å²) in [6, 6.07) is 19.7. The Balaban J connectivity index is 1.72. The molecule has 1 aromatic heterocycles. The Morgan fingerprint density at radius 1 is 1.03 bits per heavy atom. The largest absolute Gasteiger partial charge is 0.349 e. The molecule has 1 amide bonds. The number of halogens is 2. The summed E-state index contributed by atoms with van der Waals surface area (Å²) in [7, 11) is 3.56. The Labute approximate surface area is 195 Å². The quantitative estimate of drug-likeness (QED) is 0.464. The fraction of sp³-hybridized carbons (Fsp3) is 0.160. The zero-order valence-electron chi connectivity index (χ0n) is 18.1. The molecule has 0 spiro atoms. The number of nitrogens with one attached hydrogen (secondary N) is 1. The lowest BCUT2D eigenvalue weighted by molar-refractivity contribution is 0.0936. The molecule has 3 aromatic carbocycles. The van der Waals surface area contributed by atoms with Crippen LogP contribution in [0.1, 0.15) is 22.1 Å². The van der Waals surface area contributed by atoms with Crippen molar-refractivity contribution >= 4 is 28.3 Å². The van der Waals surface area contributed by atoms with Crippen molar-refractivity contribution in [2.75, 3.05) is 20.6 Å². The van der Waals surface area contributed by atoms with Crippen LogP contribution in [0.5, 0.6) is 0 Å². The number of benzene rings is 3. The van der Waals surface area contributed by atoms with E-state index >= 15 is 0 Å². The van der Waals surface area contributed by atoms with Crippen molar-refractivity contribution in [1.82, 2.24) is 20.0 Å². The standard InChI is InChI=1S/C25H22ClFN4O2/c1-30(2)21(22-19(26)13-8-14-20(22)27)15-28-24(32)23-17-11-6-7-12-18(17)25(33)31(29-23)16-9-4-3-5-10-16/h3-14,21H,15H2,1-2H3,(H,28,32)/t21-/m0/s1. The molecule has 4 rings (SSSR count). The molecule has 0 aliphatic rings. The van der Waals surface area contributed by atoms with E-state index in [4.69, 9.17) is 11.6 Å². The first kappa shape index (κ1) is 22.6. The number of fused-ring (bicyclic) bond motifs is 1. The zero-order chi connectivity index (χ0) is 23.5. The first-order valence-corrected chi connectivity index (χ1v) is 10.7. The monoisotopic (exact) mass is 464 g/mol. The van der Waals surface area contributed by atoms with Crippen LogP contribution in [0.25, 0.3) is 16.5 Å². The molecule has 33 heavy (non-hydrogen) atoms. The Kier molecular flexibility index (Phi) is 6.53. The van der Waals surface area contributed by atoms with Crippen LogP contribution >= 0.6 is 11.6 Å². The first-order chi connectivity index (χ1) is 15.9. The Hall–Kier alpha value is -3.55. The third kappa shape index (κ3) is 4.51. The van der Waals surface area contributed by atoms with Gasteiger partial charge >= 0.3 is 0 Å². The predicted molar refractivity (Wildman–Crippen MR) is 128 cm³/mol. The fourth-order valence-corrected chi connectivity index (χ4v) is 4.04. The van der Waals surface area contributed by atoms with Crippen LogP contribution in [-0.2, 0) is 0 Å². The van der Waals surface area contributed by atoms with Gasteiger partial charge in [0, 0.05) is 22.5 Å². The Bertz CT molecular complexity index is 1350. The van der Waals surface area contributed by atoms with Crippen LogP contribution in [0.3, 0.4) is 0 Å². The molecule has 8 heteroatoms. The maximum absolute atomic E-state index is 14.5. The van der Waals surface area contributed by atoms with Gasteiger partial charge in [-0.1, -0.05) is 54.1 Å². The Morgan fingerprint density at radius 2 is 1.70 bits per heavy atom. The van der Waals surface area contributed by atoms with Gasteiger partial charge in [-0.25, -0.2) is 4.39 Å². The summed E-state index contributed by atoms with van der Waals surface area (Å²) in [5, 5.41) is 8.32. The normalized spacial score (nSPS) is 12.2. The average molecular weight is 465 g/mol. The van der Waals surface area contributed by atoms with E-state index in [0.717, 1.165) is 0 Å². The van der Waals surface area contributed by atoms with E-state index in [1.165, 1.54) is 16.8 Å². The zero-order valence-corrected chi connectivity index (χ0v) is 18.9. The van der Waals surface area contributed by atoms with Crippen LogP contribution in [0.2, 0.25) is 5.02 Å². The van der Waals surface area contributed by atoms with E-state index in [0.29, 0.717) is 22.0 Å². The van der Waals surface area contributed by atoms with Crippen molar-refractivity contribution in [1.29, 1.82) is 0 Å². The van der Waals surface area contributed by atoms with Gasteiger partial charge in [-0.3, -0.25) is 9.59 Å². The van der Waals surface area contributed by atoms with Crippen LogP contribution in [-0.4, -0.2) is 41.2 Å². The van der Waals surface area contributed by atoms with Gasteiger partial charge < -0.3 is 10.2 Å². The molecule has 0 radical (unpaired) electrons.